The molecule has 92 valence electrons. The second-order valence-corrected chi connectivity index (χ2v) is 4.46. The molecule has 0 unspecified atom stereocenters. The minimum Gasteiger partial charge on any atom is -0.384 e. The van der Waals surface area contributed by atoms with E-state index in [1.807, 2.05) is 6.07 Å². The fourth-order valence-corrected chi connectivity index (χ4v) is 2.35. The van der Waals surface area contributed by atoms with Crippen molar-refractivity contribution >= 4 is 11.4 Å². The van der Waals surface area contributed by atoms with E-state index in [4.69, 9.17) is 0 Å². The maximum absolute atomic E-state index is 13.5. The summed E-state index contributed by atoms with van der Waals surface area (Å²) in [7, 11) is 0. The van der Waals surface area contributed by atoms with Gasteiger partial charge in [0.1, 0.15) is 5.82 Å². The molecule has 2 nitrogen and oxygen atoms in total. The van der Waals surface area contributed by atoms with Gasteiger partial charge in [0.25, 0.3) is 0 Å². The third-order valence-corrected chi connectivity index (χ3v) is 3.28. The first-order valence-corrected chi connectivity index (χ1v) is 6.17. The summed E-state index contributed by atoms with van der Waals surface area (Å²) >= 11 is 0. The minimum atomic E-state index is -0.210. The van der Waals surface area contributed by atoms with Gasteiger partial charge in [-0.05, 0) is 29.7 Å². The zero-order chi connectivity index (χ0) is 12.4. The summed E-state index contributed by atoms with van der Waals surface area (Å²) in [6.07, 6.45) is 1.07. The van der Waals surface area contributed by atoms with Gasteiger partial charge >= 0.3 is 0 Å². The third kappa shape index (κ3) is 2.04. The first-order chi connectivity index (χ1) is 8.84. The lowest BCUT2D eigenvalue weighted by molar-refractivity contribution is 0.630. The van der Waals surface area contributed by atoms with Crippen LogP contribution in [0.25, 0.3) is 0 Å². The van der Waals surface area contributed by atoms with Gasteiger partial charge in [-0.15, -0.1) is 0 Å². The Morgan fingerprint density at radius 3 is 2.89 bits per heavy atom. The Bertz CT molecular complexity index is 566. The molecular formula is C15H15FN2. The second kappa shape index (κ2) is 4.69. The van der Waals surface area contributed by atoms with Gasteiger partial charge in [0, 0.05) is 18.8 Å². The molecule has 0 aromatic heterocycles. The Morgan fingerprint density at radius 2 is 2.00 bits per heavy atom. The summed E-state index contributed by atoms with van der Waals surface area (Å²) < 4.78 is 13.5. The fraction of sp³-hybridized carbons (Fsp3) is 0.200. The van der Waals surface area contributed by atoms with Gasteiger partial charge in [-0.2, -0.15) is 0 Å². The summed E-state index contributed by atoms with van der Waals surface area (Å²) in [6, 6.07) is 13.0. The number of halogens is 1. The van der Waals surface area contributed by atoms with Crippen LogP contribution in [0.4, 0.5) is 15.8 Å². The van der Waals surface area contributed by atoms with Crippen LogP contribution in [0.1, 0.15) is 11.1 Å². The van der Waals surface area contributed by atoms with Crippen LogP contribution < -0.4 is 10.6 Å². The summed E-state index contributed by atoms with van der Waals surface area (Å²) in [4.78, 5) is 0. The molecule has 0 spiro atoms. The number of hydrogen-bond donors (Lipinski definition) is 2. The van der Waals surface area contributed by atoms with E-state index in [-0.39, 0.29) is 5.82 Å². The van der Waals surface area contributed by atoms with Gasteiger partial charge in [0.2, 0.25) is 0 Å². The lowest BCUT2D eigenvalue weighted by Gasteiger charge is -2.11. The van der Waals surface area contributed by atoms with Crippen LogP contribution in [-0.2, 0) is 13.0 Å². The maximum atomic E-state index is 13.5. The van der Waals surface area contributed by atoms with Crippen LogP contribution >= 0.6 is 0 Å². The maximum Gasteiger partial charge on any atom is 0.146 e. The van der Waals surface area contributed by atoms with Gasteiger partial charge in [0.05, 0.1) is 5.69 Å². The van der Waals surface area contributed by atoms with Crippen LogP contribution in [-0.4, -0.2) is 6.54 Å². The van der Waals surface area contributed by atoms with Gasteiger partial charge in [-0.3, -0.25) is 0 Å². The summed E-state index contributed by atoms with van der Waals surface area (Å²) in [5.41, 5.74) is 4.30. The zero-order valence-corrected chi connectivity index (χ0v) is 10.0. The number of rotatable bonds is 3. The molecule has 0 radical (unpaired) electrons. The Kier molecular flexibility index (Phi) is 2.89. The summed E-state index contributed by atoms with van der Waals surface area (Å²) in [5.74, 6) is -0.210. The van der Waals surface area contributed by atoms with E-state index >= 15 is 0 Å². The molecule has 2 aromatic rings. The molecule has 1 heterocycles. The van der Waals surface area contributed by atoms with Crippen molar-refractivity contribution in [2.75, 3.05) is 17.2 Å². The highest BCUT2D eigenvalue weighted by atomic mass is 19.1. The first-order valence-electron chi connectivity index (χ1n) is 6.17. The van der Waals surface area contributed by atoms with Crippen LogP contribution in [0.5, 0.6) is 0 Å². The molecule has 3 rings (SSSR count). The Labute approximate surface area is 106 Å². The molecule has 0 saturated carbocycles. The Morgan fingerprint density at radius 1 is 1.11 bits per heavy atom. The highest BCUT2D eigenvalue weighted by molar-refractivity contribution is 5.62. The van der Waals surface area contributed by atoms with Crippen molar-refractivity contribution in [2.45, 2.75) is 13.0 Å². The molecule has 0 bridgehead atoms. The summed E-state index contributed by atoms with van der Waals surface area (Å²) in [5, 5.41) is 6.53. The van der Waals surface area contributed by atoms with Crippen molar-refractivity contribution in [1.29, 1.82) is 0 Å². The van der Waals surface area contributed by atoms with Crippen LogP contribution in [0.2, 0.25) is 0 Å². The zero-order valence-electron chi connectivity index (χ0n) is 10.0. The van der Waals surface area contributed by atoms with Crippen LogP contribution in [0.3, 0.4) is 0 Å². The van der Waals surface area contributed by atoms with Gasteiger partial charge in [-0.25, -0.2) is 4.39 Å². The lowest BCUT2D eigenvalue weighted by Crippen LogP contribution is -2.04. The van der Waals surface area contributed by atoms with E-state index in [0.717, 1.165) is 13.0 Å². The van der Waals surface area contributed by atoms with Crippen molar-refractivity contribution in [2.24, 2.45) is 0 Å². The largest absolute Gasteiger partial charge is 0.384 e. The third-order valence-electron chi connectivity index (χ3n) is 3.28. The molecule has 3 heteroatoms. The quantitative estimate of drug-likeness (QED) is 0.862. The predicted molar refractivity (Wildman–Crippen MR) is 72.4 cm³/mol. The number of anilines is 2. The molecule has 0 fully saturated rings. The minimum absolute atomic E-state index is 0.210. The molecular weight excluding hydrogens is 227 g/mol. The van der Waals surface area contributed by atoms with Gasteiger partial charge < -0.3 is 10.6 Å². The van der Waals surface area contributed by atoms with E-state index in [0.29, 0.717) is 12.2 Å². The molecule has 1 aliphatic rings. The predicted octanol–water partition coefficient (Wildman–Crippen LogP) is 3.41. The molecule has 0 atom stereocenters. The van der Waals surface area contributed by atoms with E-state index in [1.165, 1.54) is 22.9 Å². The van der Waals surface area contributed by atoms with Crippen molar-refractivity contribution in [3.63, 3.8) is 0 Å². The van der Waals surface area contributed by atoms with Crippen molar-refractivity contribution in [1.82, 2.24) is 0 Å². The monoisotopic (exact) mass is 242 g/mol. The fourth-order valence-electron chi connectivity index (χ4n) is 2.35. The normalized spacial score (nSPS) is 12.9. The molecule has 2 N–H and O–H groups in total. The summed E-state index contributed by atoms with van der Waals surface area (Å²) in [6.45, 7) is 1.63. The molecule has 0 amide bonds. The van der Waals surface area contributed by atoms with Crippen molar-refractivity contribution in [3.05, 3.63) is 59.4 Å². The number of nitrogens with one attached hydrogen (secondary N) is 2. The molecule has 18 heavy (non-hydrogen) atoms. The van der Waals surface area contributed by atoms with Crippen LogP contribution in [0, 0.1) is 5.82 Å². The molecule has 1 aliphatic heterocycles. The van der Waals surface area contributed by atoms with E-state index in [9.17, 15) is 4.39 Å². The molecule has 0 saturated heterocycles. The highest BCUT2D eigenvalue weighted by Crippen LogP contribution is 2.27. The highest BCUT2D eigenvalue weighted by Gasteiger charge is 2.13. The van der Waals surface area contributed by atoms with E-state index < -0.39 is 0 Å². The second-order valence-electron chi connectivity index (χ2n) is 4.46. The topological polar surface area (TPSA) is 24.1 Å². The average Bonchev–Trinajstić information content (AvgIpc) is 2.86. The van der Waals surface area contributed by atoms with Crippen molar-refractivity contribution < 1.29 is 4.39 Å². The van der Waals surface area contributed by atoms with Crippen molar-refractivity contribution in [3.8, 4) is 0 Å². The number of benzene rings is 2. The van der Waals surface area contributed by atoms with Gasteiger partial charge in [0.15, 0.2) is 0 Å². The smallest absolute Gasteiger partial charge is 0.146 e. The number of hydrogen-bond acceptors (Lipinski definition) is 2. The average molecular weight is 242 g/mol. The molecule has 2 aromatic carbocycles. The number of para-hydroxylation sites is 2. The molecule has 0 aliphatic carbocycles. The van der Waals surface area contributed by atoms with Crippen LogP contribution in [0.15, 0.2) is 42.5 Å². The van der Waals surface area contributed by atoms with E-state index in [2.05, 4.69) is 28.8 Å². The first kappa shape index (κ1) is 11.1. The van der Waals surface area contributed by atoms with E-state index in [1.54, 1.807) is 12.1 Å². The Balaban J connectivity index is 1.78. The Hall–Kier alpha value is -2.03. The van der Waals surface area contributed by atoms with Gasteiger partial charge in [-0.1, -0.05) is 30.3 Å². The standard InChI is InChI=1S/C15H15FN2/c16-13-6-1-2-7-14(13)18-10-12-5-3-4-11-8-9-17-15(11)12/h1-7,17-18H,8-10H2. The number of fused-ring (bicyclic) bond motifs is 1. The lowest BCUT2D eigenvalue weighted by atomic mass is 10.1. The SMILES string of the molecule is Fc1ccccc1NCc1cccc2c1NCC2.